The van der Waals surface area contributed by atoms with Gasteiger partial charge in [0, 0.05) is 11.1 Å². The van der Waals surface area contributed by atoms with Gasteiger partial charge in [-0.2, -0.15) is 4.39 Å². The van der Waals surface area contributed by atoms with E-state index in [0.717, 1.165) is 6.07 Å². The number of aromatic nitrogens is 1. The zero-order chi connectivity index (χ0) is 12.4. The van der Waals surface area contributed by atoms with E-state index >= 15 is 0 Å². The van der Waals surface area contributed by atoms with Crippen molar-refractivity contribution in [2.24, 2.45) is 0 Å². The van der Waals surface area contributed by atoms with E-state index < -0.39 is 23.4 Å². The molecule has 1 heterocycles. The Hall–Kier alpha value is -2.30. The summed E-state index contributed by atoms with van der Waals surface area (Å²) in [6.45, 7) is 0. The summed E-state index contributed by atoms with van der Waals surface area (Å²) >= 11 is 0. The molecule has 1 aromatic carbocycles. The van der Waals surface area contributed by atoms with Gasteiger partial charge in [-0.15, -0.1) is 0 Å². The molecule has 0 saturated heterocycles. The van der Waals surface area contributed by atoms with Crippen LogP contribution in [0.3, 0.4) is 0 Å². The first kappa shape index (κ1) is 11.2. The van der Waals surface area contributed by atoms with Gasteiger partial charge in [-0.3, -0.25) is 0 Å². The first-order valence-electron chi connectivity index (χ1n) is 4.74. The van der Waals surface area contributed by atoms with Crippen LogP contribution in [0.1, 0.15) is 10.5 Å². The Morgan fingerprint density at radius 3 is 2.41 bits per heavy atom. The Morgan fingerprint density at radius 2 is 1.76 bits per heavy atom. The number of carboxylic acid groups (broad SMARTS) is 1. The van der Waals surface area contributed by atoms with Crippen molar-refractivity contribution >= 4 is 5.97 Å². The summed E-state index contributed by atoms with van der Waals surface area (Å²) in [7, 11) is 0. The van der Waals surface area contributed by atoms with Crippen LogP contribution in [0, 0.1) is 11.8 Å². The van der Waals surface area contributed by atoms with E-state index in [-0.39, 0.29) is 11.1 Å². The molecule has 17 heavy (non-hydrogen) atoms. The second kappa shape index (κ2) is 4.29. The third-order valence-corrected chi connectivity index (χ3v) is 2.23. The maximum atomic E-state index is 13.5. The minimum atomic E-state index is -1.40. The topological polar surface area (TPSA) is 50.2 Å². The lowest BCUT2D eigenvalue weighted by molar-refractivity contribution is 0.0690. The van der Waals surface area contributed by atoms with Crippen molar-refractivity contribution in [3.05, 3.63) is 53.9 Å². The minimum Gasteiger partial charge on any atom is -0.476 e. The van der Waals surface area contributed by atoms with E-state index in [1.807, 2.05) is 0 Å². The molecule has 5 heteroatoms. The molecule has 3 nitrogen and oxygen atoms in total. The fourth-order valence-corrected chi connectivity index (χ4v) is 1.50. The SMILES string of the molecule is O=C(O)c1nc(F)ccc1-c1ccccc1F. The van der Waals surface area contributed by atoms with Crippen molar-refractivity contribution in [3.63, 3.8) is 0 Å². The van der Waals surface area contributed by atoms with Gasteiger partial charge >= 0.3 is 5.97 Å². The van der Waals surface area contributed by atoms with Crippen LogP contribution in [0.4, 0.5) is 8.78 Å². The third kappa shape index (κ3) is 2.13. The molecule has 2 rings (SSSR count). The highest BCUT2D eigenvalue weighted by atomic mass is 19.1. The van der Waals surface area contributed by atoms with E-state index in [1.165, 1.54) is 24.3 Å². The van der Waals surface area contributed by atoms with Gasteiger partial charge in [0.1, 0.15) is 5.82 Å². The first-order valence-corrected chi connectivity index (χ1v) is 4.74. The van der Waals surface area contributed by atoms with Crippen molar-refractivity contribution in [2.45, 2.75) is 0 Å². The molecule has 1 N–H and O–H groups in total. The molecule has 0 unspecified atom stereocenters. The molecule has 86 valence electrons. The Kier molecular flexibility index (Phi) is 2.82. The van der Waals surface area contributed by atoms with Crippen LogP contribution in [0.25, 0.3) is 11.1 Å². The van der Waals surface area contributed by atoms with Crippen molar-refractivity contribution in [1.82, 2.24) is 4.98 Å². The largest absolute Gasteiger partial charge is 0.476 e. The van der Waals surface area contributed by atoms with Gasteiger partial charge in [-0.05, 0) is 18.2 Å². The molecule has 0 saturated carbocycles. The lowest BCUT2D eigenvalue weighted by Gasteiger charge is -2.06. The van der Waals surface area contributed by atoms with Crippen LogP contribution in [0.2, 0.25) is 0 Å². The van der Waals surface area contributed by atoms with Gasteiger partial charge in [0.2, 0.25) is 5.95 Å². The van der Waals surface area contributed by atoms with Gasteiger partial charge in [-0.25, -0.2) is 14.2 Å². The summed E-state index contributed by atoms with van der Waals surface area (Å²) in [6, 6.07) is 7.85. The minimum absolute atomic E-state index is 0.0528. The molecule has 2 aromatic rings. The molecule has 0 bridgehead atoms. The van der Waals surface area contributed by atoms with Gasteiger partial charge < -0.3 is 5.11 Å². The molecule has 0 radical (unpaired) electrons. The zero-order valence-corrected chi connectivity index (χ0v) is 8.52. The molecule has 0 spiro atoms. The second-order valence-electron chi connectivity index (χ2n) is 3.32. The average molecular weight is 235 g/mol. The molecule has 0 amide bonds. The maximum absolute atomic E-state index is 13.5. The highest BCUT2D eigenvalue weighted by Gasteiger charge is 2.16. The molecule has 0 aliphatic rings. The van der Waals surface area contributed by atoms with E-state index in [2.05, 4.69) is 4.98 Å². The Morgan fingerprint density at radius 1 is 1.06 bits per heavy atom. The lowest BCUT2D eigenvalue weighted by Crippen LogP contribution is -2.05. The summed E-state index contributed by atoms with van der Waals surface area (Å²) in [5, 5.41) is 8.89. The lowest BCUT2D eigenvalue weighted by atomic mass is 10.0. The normalized spacial score (nSPS) is 10.2. The summed E-state index contributed by atoms with van der Waals surface area (Å²) in [4.78, 5) is 14.2. The first-order chi connectivity index (χ1) is 8.09. The fraction of sp³-hybridized carbons (Fsp3) is 0. The summed E-state index contributed by atoms with van der Waals surface area (Å²) < 4.78 is 26.4. The van der Waals surface area contributed by atoms with E-state index in [9.17, 15) is 13.6 Å². The number of halogens is 2. The number of aromatic carboxylic acids is 1. The van der Waals surface area contributed by atoms with Gasteiger partial charge in [0.05, 0.1) is 0 Å². The number of pyridine rings is 1. The quantitative estimate of drug-likeness (QED) is 0.814. The number of nitrogens with zero attached hydrogens (tertiary/aromatic N) is 1. The standard InChI is InChI=1S/C12H7F2NO2/c13-9-4-2-1-3-7(9)8-5-6-10(14)15-11(8)12(16)17/h1-6H,(H,16,17). The van der Waals surface area contributed by atoms with Crippen LogP contribution in [0.15, 0.2) is 36.4 Å². The predicted molar refractivity (Wildman–Crippen MR) is 56.5 cm³/mol. The molecular formula is C12H7F2NO2. The van der Waals surface area contributed by atoms with Gasteiger partial charge in [0.25, 0.3) is 0 Å². The van der Waals surface area contributed by atoms with Crippen LogP contribution in [0.5, 0.6) is 0 Å². The maximum Gasteiger partial charge on any atom is 0.355 e. The third-order valence-electron chi connectivity index (χ3n) is 2.23. The second-order valence-corrected chi connectivity index (χ2v) is 3.32. The predicted octanol–water partition coefficient (Wildman–Crippen LogP) is 2.73. The molecule has 0 fully saturated rings. The number of rotatable bonds is 2. The van der Waals surface area contributed by atoms with Gasteiger partial charge in [0.15, 0.2) is 5.69 Å². The van der Waals surface area contributed by atoms with Crippen molar-refractivity contribution in [3.8, 4) is 11.1 Å². The molecule has 1 aromatic heterocycles. The molecule has 0 aliphatic carbocycles. The average Bonchev–Trinajstić information content (AvgIpc) is 2.30. The smallest absolute Gasteiger partial charge is 0.355 e. The van der Waals surface area contributed by atoms with Crippen LogP contribution in [-0.4, -0.2) is 16.1 Å². The number of carboxylic acids is 1. The van der Waals surface area contributed by atoms with Crippen LogP contribution < -0.4 is 0 Å². The summed E-state index contributed by atoms with van der Waals surface area (Å²) in [5.74, 6) is -2.89. The highest BCUT2D eigenvalue weighted by molar-refractivity contribution is 5.93. The van der Waals surface area contributed by atoms with E-state index in [4.69, 9.17) is 5.11 Å². The van der Waals surface area contributed by atoms with Gasteiger partial charge in [-0.1, -0.05) is 18.2 Å². The Labute approximate surface area is 95.4 Å². The van der Waals surface area contributed by atoms with Crippen LogP contribution >= 0.6 is 0 Å². The zero-order valence-electron chi connectivity index (χ0n) is 8.52. The Bertz CT molecular complexity index is 584. The van der Waals surface area contributed by atoms with E-state index in [1.54, 1.807) is 6.07 Å². The number of carbonyl (C=O) groups is 1. The molecule has 0 aliphatic heterocycles. The molecular weight excluding hydrogens is 228 g/mol. The highest BCUT2D eigenvalue weighted by Crippen LogP contribution is 2.25. The summed E-state index contributed by atoms with van der Waals surface area (Å²) in [6.07, 6.45) is 0. The fourth-order valence-electron chi connectivity index (χ4n) is 1.50. The van der Waals surface area contributed by atoms with Crippen molar-refractivity contribution < 1.29 is 18.7 Å². The Balaban J connectivity index is 2.68. The molecule has 0 atom stereocenters. The monoisotopic (exact) mass is 235 g/mol. The van der Waals surface area contributed by atoms with Crippen molar-refractivity contribution in [2.75, 3.05) is 0 Å². The summed E-state index contributed by atoms with van der Waals surface area (Å²) in [5.41, 5.74) is -0.371. The number of benzene rings is 1. The van der Waals surface area contributed by atoms with E-state index in [0.29, 0.717) is 0 Å². The number of hydrogen-bond donors (Lipinski definition) is 1. The van der Waals surface area contributed by atoms with Crippen molar-refractivity contribution in [1.29, 1.82) is 0 Å². The number of hydrogen-bond acceptors (Lipinski definition) is 2. The van der Waals surface area contributed by atoms with Crippen LogP contribution in [-0.2, 0) is 0 Å².